The number of halogens is 2. The van der Waals surface area contributed by atoms with Gasteiger partial charge in [-0.1, -0.05) is 42.5 Å². The van der Waals surface area contributed by atoms with Crippen molar-refractivity contribution in [2.75, 3.05) is 5.75 Å². The first-order valence-corrected chi connectivity index (χ1v) is 6.88. The van der Waals surface area contributed by atoms with E-state index in [0.717, 1.165) is 11.8 Å². The van der Waals surface area contributed by atoms with Crippen LogP contribution < -0.4 is 0 Å². The van der Waals surface area contributed by atoms with Gasteiger partial charge in [-0.2, -0.15) is 0 Å². The molecule has 104 valence electrons. The van der Waals surface area contributed by atoms with Gasteiger partial charge in [0.2, 0.25) is 0 Å². The molecule has 0 saturated heterocycles. The van der Waals surface area contributed by atoms with Gasteiger partial charge in [0, 0.05) is 10.5 Å². The van der Waals surface area contributed by atoms with E-state index >= 15 is 0 Å². The molecule has 2 nitrogen and oxygen atoms in total. The predicted molar refractivity (Wildman–Crippen MR) is 74.5 cm³/mol. The van der Waals surface area contributed by atoms with Crippen LogP contribution in [0.3, 0.4) is 0 Å². The summed E-state index contributed by atoms with van der Waals surface area (Å²) >= 11 is 0.846. The van der Waals surface area contributed by atoms with Crippen molar-refractivity contribution in [1.82, 2.24) is 0 Å². The molecule has 0 aliphatic carbocycles. The van der Waals surface area contributed by atoms with E-state index in [1.165, 1.54) is 24.3 Å². The summed E-state index contributed by atoms with van der Waals surface area (Å²) in [5, 5.41) is 9.01. The fourth-order valence-corrected chi connectivity index (χ4v) is 2.69. The molecule has 0 heterocycles. The summed E-state index contributed by atoms with van der Waals surface area (Å²) < 4.78 is 28.0. The van der Waals surface area contributed by atoms with Crippen LogP contribution in [0.2, 0.25) is 0 Å². The number of rotatable bonds is 5. The summed E-state index contributed by atoms with van der Waals surface area (Å²) in [7, 11) is 0. The minimum absolute atomic E-state index is 0.0429. The van der Waals surface area contributed by atoms with Crippen molar-refractivity contribution in [1.29, 1.82) is 0 Å². The summed E-state index contributed by atoms with van der Waals surface area (Å²) in [6.45, 7) is 0. The van der Waals surface area contributed by atoms with Gasteiger partial charge in [-0.15, -0.1) is 11.8 Å². The average molecular weight is 294 g/mol. The molecule has 0 aromatic heterocycles. The Hall–Kier alpha value is -1.88. The van der Waals surface area contributed by atoms with Gasteiger partial charge in [-0.25, -0.2) is 13.6 Å². The van der Waals surface area contributed by atoms with E-state index in [9.17, 15) is 13.6 Å². The second-order valence-corrected chi connectivity index (χ2v) is 5.18. The summed E-state index contributed by atoms with van der Waals surface area (Å²) in [6.07, 6.45) is 0. The molecule has 0 fully saturated rings. The van der Waals surface area contributed by atoms with Crippen molar-refractivity contribution in [3.8, 4) is 0 Å². The third kappa shape index (κ3) is 3.36. The first-order valence-electron chi connectivity index (χ1n) is 5.89. The van der Waals surface area contributed by atoms with Crippen molar-refractivity contribution < 1.29 is 18.7 Å². The molecule has 0 aliphatic heterocycles. The molecule has 0 amide bonds. The van der Waals surface area contributed by atoms with E-state index in [0.29, 0.717) is 4.90 Å². The van der Waals surface area contributed by atoms with Crippen LogP contribution in [-0.4, -0.2) is 16.8 Å². The molecule has 20 heavy (non-hydrogen) atoms. The van der Waals surface area contributed by atoms with Gasteiger partial charge >= 0.3 is 5.97 Å². The fraction of sp³-hybridized carbons (Fsp3) is 0.133. The van der Waals surface area contributed by atoms with Crippen LogP contribution >= 0.6 is 11.8 Å². The van der Waals surface area contributed by atoms with Crippen LogP contribution in [0.15, 0.2) is 59.5 Å². The average Bonchev–Trinajstić information content (AvgIpc) is 2.46. The molecule has 0 spiro atoms. The van der Waals surface area contributed by atoms with Crippen LogP contribution in [0, 0.1) is 0 Å². The Labute approximate surface area is 119 Å². The van der Waals surface area contributed by atoms with Crippen LogP contribution in [-0.2, 0) is 5.92 Å². The highest BCUT2D eigenvalue weighted by Gasteiger charge is 2.31. The Morgan fingerprint density at radius 3 is 2.30 bits per heavy atom. The van der Waals surface area contributed by atoms with Gasteiger partial charge in [0.15, 0.2) is 0 Å². The third-order valence-electron chi connectivity index (χ3n) is 2.72. The molecule has 1 N–H and O–H groups in total. The lowest BCUT2D eigenvalue weighted by Crippen LogP contribution is -2.16. The second-order valence-electron chi connectivity index (χ2n) is 4.16. The Morgan fingerprint density at radius 1 is 1.05 bits per heavy atom. The van der Waals surface area contributed by atoms with E-state index in [-0.39, 0.29) is 11.1 Å². The summed E-state index contributed by atoms with van der Waals surface area (Å²) in [6, 6.07) is 13.7. The highest BCUT2D eigenvalue weighted by molar-refractivity contribution is 7.99. The normalized spacial score (nSPS) is 11.3. The molecular formula is C15H12F2O2S. The van der Waals surface area contributed by atoms with Crippen LogP contribution in [0.5, 0.6) is 0 Å². The SMILES string of the molecule is O=C(O)c1ccccc1SCC(F)(F)c1ccccc1. The molecule has 0 unspecified atom stereocenters. The van der Waals surface area contributed by atoms with Gasteiger partial charge in [0.05, 0.1) is 11.3 Å². The zero-order valence-corrected chi connectivity index (χ0v) is 11.2. The molecular weight excluding hydrogens is 282 g/mol. The minimum atomic E-state index is -3.00. The zero-order chi connectivity index (χ0) is 14.6. The number of carbonyl (C=O) groups is 1. The van der Waals surface area contributed by atoms with E-state index < -0.39 is 17.6 Å². The zero-order valence-electron chi connectivity index (χ0n) is 10.4. The molecule has 2 aromatic carbocycles. The van der Waals surface area contributed by atoms with Crippen LogP contribution in [0.4, 0.5) is 8.78 Å². The molecule has 0 radical (unpaired) electrons. The lowest BCUT2D eigenvalue weighted by Gasteiger charge is -2.16. The third-order valence-corrected chi connectivity index (χ3v) is 3.90. The standard InChI is InChI=1S/C15H12F2O2S/c16-15(17,11-6-2-1-3-7-11)10-20-13-9-5-4-8-12(13)14(18)19/h1-9H,10H2,(H,18,19). The number of carboxylic acids is 1. The lowest BCUT2D eigenvalue weighted by atomic mass is 10.1. The Balaban J connectivity index is 2.15. The maximum Gasteiger partial charge on any atom is 0.336 e. The molecule has 2 aromatic rings. The highest BCUT2D eigenvalue weighted by atomic mass is 32.2. The van der Waals surface area contributed by atoms with Gasteiger partial charge < -0.3 is 5.11 Å². The highest BCUT2D eigenvalue weighted by Crippen LogP contribution is 2.35. The number of carboxylic acid groups (broad SMARTS) is 1. The predicted octanol–water partition coefficient (Wildman–Crippen LogP) is 4.27. The number of thioether (sulfide) groups is 1. The Kier molecular flexibility index (Phi) is 4.39. The second kappa shape index (κ2) is 6.05. The van der Waals surface area contributed by atoms with Gasteiger partial charge in [-0.3, -0.25) is 0 Å². The molecule has 0 bridgehead atoms. The lowest BCUT2D eigenvalue weighted by molar-refractivity contribution is 0.0231. The maximum absolute atomic E-state index is 14.0. The molecule has 0 atom stereocenters. The largest absolute Gasteiger partial charge is 0.478 e. The number of hydrogen-bond donors (Lipinski definition) is 1. The quantitative estimate of drug-likeness (QED) is 0.837. The summed E-state index contributed by atoms with van der Waals surface area (Å²) in [5.74, 6) is -4.62. The smallest absolute Gasteiger partial charge is 0.336 e. The van der Waals surface area contributed by atoms with E-state index in [4.69, 9.17) is 5.11 Å². The molecule has 0 aliphatic rings. The van der Waals surface area contributed by atoms with Crippen molar-refractivity contribution >= 4 is 17.7 Å². The van der Waals surface area contributed by atoms with E-state index in [1.807, 2.05) is 0 Å². The Bertz CT molecular complexity index is 600. The van der Waals surface area contributed by atoms with Crippen LogP contribution in [0.25, 0.3) is 0 Å². The molecule has 2 rings (SSSR count). The summed E-state index contributed by atoms with van der Waals surface area (Å²) in [5.41, 5.74) is -0.0262. The van der Waals surface area contributed by atoms with Gasteiger partial charge in [0.1, 0.15) is 0 Å². The number of aromatic carboxylic acids is 1. The Morgan fingerprint density at radius 2 is 1.65 bits per heavy atom. The maximum atomic E-state index is 14.0. The molecule has 0 saturated carbocycles. The van der Waals surface area contributed by atoms with E-state index in [1.54, 1.807) is 30.3 Å². The van der Waals surface area contributed by atoms with Crippen molar-refractivity contribution in [3.63, 3.8) is 0 Å². The summed E-state index contributed by atoms with van der Waals surface area (Å²) in [4.78, 5) is 11.4. The monoisotopic (exact) mass is 294 g/mol. The van der Waals surface area contributed by atoms with Gasteiger partial charge in [-0.05, 0) is 12.1 Å². The minimum Gasteiger partial charge on any atom is -0.478 e. The topological polar surface area (TPSA) is 37.3 Å². The van der Waals surface area contributed by atoms with Crippen molar-refractivity contribution in [3.05, 3.63) is 65.7 Å². The van der Waals surface area contributed by atoms with Crippen molar-refractivity contribution in [2.24, 2.45) is 0 Å². The fourth-order valence-electron chi connectivity index (χ4n) is 1.70. The number of hydrogen-bond acceptors (Lipinski definition) is 2. The van der Waals surface area contributed by atoms with E-state index in [2.05, 4.69) is 0 Å². The van der Waals surface area contributed by atoms with Crippen molar-refractivity contribution in [2.45, 2.75) is 10.8 Å². The number of alkyl halides is 2. The molecule has 5 heteroatoms. The van der Waals surface area contributed by atoms with Crippen LogP contribution in [0.1, 0.15) is 15.9 Å². The number of benzene rings is 2. The first-order chi connectivity index (χ1) is 9.50. The van der Waals surface area contributed by atoms with Gasteiger partial charge in [0.25, 0.3) is 5.92 Å². The first kappa shape index (κ1) is 14.5.